The Morgan fingerprint density at radius 2 is 1.71 bits per heavy atom. The van der Waals surface area contributed by atoms with Gasteiger partial charge in [0.25, 0.3) is 0 Å². The first-order valence-corrected chi connectivity index (χ1v) is 9.87. The van der Waals surface area contributed by atoms with Crippen LogP contribution in [-0.4, -0.2) is 44.1 Å². The molecule has 0 bridgehead atoms. The molecule has 0 amide bonds. The number of nitrogens with two attached hydrogens (primary N) is 1. The summed E-state index contributed by atoms with van der Waals surface area (Å²) in [7, 11) is 0.245. The highest BCUT2D eigenvalue weighted by Crippen LogP contribution is 2.05. The van der Waals surface area contributed by atoms with Crippen LogP contribution >= 0.6 is 0 Å². The van der Waals surface area contributed by atoms with Crippen LogP contribution in [-0.2, 0) is 13.3 Å². The van der Waals surface area contributed by atoms with Gasteiger partial charge in [-0.2, -0.15) is 0 Å². The Morgan fingerprint density at radius 1 is 1.21 bits per heavy atom. The summed E-state index contributed by atoms with van der Waals surface area (Å²) in [5.74, 6) is 0. The van der Waals surface area contributed by atoms with Gasteiger partial charge in [-0.1, -0.05) is 0 Å². The van der Waals surface area contributed by atoms with Crippen molar-refractivity contribution in [1.29, 1.82) is 0 Å². The van der Waals surface area contributed by atoms with Crippen molar-refractivity contribution in [3.05, 3.63) is 0 Å². The van der Waals surface area contributed by atoms with Gasteiger partial charge in [-0.3, -0.25) is 0 Å². The summed E-state index contributed by atoms with van der Waals surface area (Å²) in [5.41, 5.74) is 5.93. The standard InChI is InChI=1S/C8H23NO3Si2/c1-10-13(11-2)8(9)6-7-12-14(3,4)5/h8,13H,6-7,9H2,1-5H3. The summed E-state index contributed by atoms with van der Waals surface area (Å²) in [6.07, 6.45) is 0.822. The van der Waals surface area contributed by atoms with Crippen molar-refractivity contribution >= 4 is 17.6 Å². The van der Waals surface area contributed by atoms with Crippen LogP contribution in [0.1, 0.15) is 6.42 Å². The van der Waals surface area contributed by atoms with Crippen LogP contribution in [0.5, 0.6) is 0 Å². The summed E-state index contributed by atoms with van der Waals surface area (Å²) in [6, 6.07) is 0. The first-order chi connectivity index (χ1) is 6.40. The second-order valence-electron chi connectivity index (χ2n) is 4.25. The Kier molecular flexibility index (Phi) is 6.83. The molecule has 4 nitrogen and oxygen atoms in total. The van der Waals surface area contributed by atoms with Crippen molar-refractivity contribution in [1.82, 2.24) is 0 Å². The van der Waals surface area contributed by atoms with E-state index in [4.69, 9.17) is 19.0 Å². The van der Waals surface area contributed by atoms with Gasteiger partial charge < -0.3 is 19.0 Å². The van der Waals surface area contributed by atoms with Crippen LogP contribution in [0.3, 0.4) is 0 Å². The number of rotatable bonds is 7. The summed E-state index contributed by atoms with van der Waals surface area (Å²) in [5, 5.41) is 0. The lowest BCUT2D eigenvalue weighted by Gasteiger charge is -2.21. The molecule has 6 heteroatoms. The van der Waals surface area contributed by atoms with Crippen LogP contribution in [0.2, 0.25) is 19.6 Å². The van der Waals surface area contributed by atoms with Gasteiger partial charge in [0, 0.05) is 26.5 Å². The van der Waals surface area contributed by atoms with Crippen LogP contribution in [0, 0.1) is 0 Å². The fourth-order valence-corrected chi connectivity index (χ4v) is 3.11. The molecule has 0 aromatic rings. The van der Waals surface area contributed by atoms with Gasteiger partial charge >= 0.3 is 9.28 Å². The second-order valence-corrected chi connectivity index (χ2v) is 11.3. The largest absolute Gasteiger partial charge is 0.418 e. The molecule has 86 valence electrons. The van der Waals surface area contributed by atoms with E-state index in [9.17, 15) is 0 Å². The molecule has 0 saturated carbocycles. The van der Waals surface area contributed by atoms with Gasteiger partial charge in [0.1, 0.15) is 0 Å². The Morgan fingerprint density at radius 3 is 2.07 bits per heavy atom. The molecule has 0 aromatic heterocycles. The molecule has 2 N–H and O–H groups in total. The summed E-state index contributed by atoms with van der Waals surface area (Å²) in [6.45, 7) is 7.22. The molecule has 14 heavy (non-hydrogen) atoms. The lowest BCUT2D eigenvalue weighted by Crippen LogP contribution is -2.43. The quantitative estimate of drug-likeness (QED) is 0.659. The highest BCUT2D eigenvalue weighted by Gasteiger charge is 2.21. The van der Waals surface area contributed by atoms with Crippen molar-refractivity contribution in [2.75, 3.05) is 20.8 Å². The van der Waals surface area contributed by atoms with Crippen LogP contribution < -0.4 is 5.73 Å². The van der Waals surface area contributed by atoms with Gasteiger partial charge in [-0.15, -0.1) is 0 Å². The predicted octanol–water partition coefficient (Wildman–Crippen LogP) is 0.608. The third kappa shape index (κ3) is 6.69. The predicted molar refractivity (Wildman–Crippen MR) is 63.1 cm³/mol. The molecule has 0 heterocycles. The van der Waals surface area contributed by atoms with E-state index in [1.54, 1.807) is 14.2 Å². The van der Waals surface area contributed by atoms with Gasteiger partial charge in [0.05, 0.1) is 0 Å². The normalized spacial score (nSPS) is 14.8. The van der Waals surface area contributed by atoms with Crippen LogP contribution in [0.25, 0.3) is 0 Å². The van der Waals surface area contributed by atoms with E-state index in [1.165, 1.54) is 0 Å². The van der Waals surface area contributed by atoms with E-state index in [1.807, 2.05) is 0 Å². The van der Waals surface area contributed by atoms with Crippen LogP contribution in [0.15, 0.2) is 0 Å². The third-order valence-electron chi connectivity index (χ3n) is 1.80. The SMILES string of the molecule is CO[SiH](OC)C(N)CCO[Si](C)(C)C. The molecule has 0 aliphatic carbocycles. The van der Waals surface area contributed by atoms with Crippen molar-refractivity contribution in [2.45, 2.75) is 31.7 Å². The molecule has 1 unspecified atom stereocenters. The molecule has 0 rings (SSSR count). The monoisotopic (exact) mass is 237 g/mol. The average Bonchev–Trinajstić information content (AvgIpc) is 2.04. The zero-order valence-electron chi connectivity index (χ0n) is 9.87. The van der Waals surface area contributed by atoms with E-state index < -0.39 is 17.6 Å². The summed E-state index contributed by atoms with van der Waals surface area (Å²) >= 11 is 0. The number of hydrogen-bond donors (Lipinski definition) is 1. The zero-order valence-corrected chi connectivity index (χ0v) is 12.0. The van der Waals surface area contributed by atoms with Gasteiger partial charge in [-0.25, -0.2) is 0 Å². The van der Waals surface area contributed by atoms with E-state index >= 15 is 0 Å². The maximum absolute atomic E-state index is 5.92. The maximum Gasteiger partial charge on any atom is 0.338 e. The van der Waals surface area contributed by atoms with E-state index in [0.717, 1.165) is 6.42 Å². The zero-order chi connectivity index (χ0) is 11.2. The van der Waals surface area contributed by atoms with E-state index in [-0.39, 0.29) is 5.67 Å². The number of hydrogen-bond acceptors (Lipinski definition) is 4. The minimum atomic E-state index is -1.66. The van der Waals surface area contributed by atoms with Gasteiger partial charge in [-0.05, 0) is 26.1 Å². The Bertz CT molecular complexity index is 148. The smallest absolute Gasteiger partial charge is 0.338 e. The van der Waals surface area contributed by atoms with Crippen molar-refractivity contribution in [3.63, 3.8) is 0 Å². The average molecular weight is 237 g/mol. The Balaban J connectivity index is 3.67. The molecule has 0 radical (unpaired) electrons. The van der Waals surface area contributed by atoms with Crippen LogP contribution in [0.4, 0.5) is 0 Å². The summed E-state index contributed by atoms with van der Waals surface area (Å²) < 4.78 is 16.1. The van der Waals surface area contributed by atoms with Gasteiger partial charge in [0.2, 0.25) is 0 Å². The summed E-state index contributed by atoms with van der Waals surface area (Å²) in [4.78, 5) is 0. The van der Waals surface area contributed by atoms with Crippen molar-refractivity contribution in [2.24, 2.45) is 5.73 Å². The molecule has 0 aromatic carbocycles. The molecular weight excluding hydrogens is 214 g/mol. The van der Waals surface area contributed by atoms with Crippen molar-refractivity contribution in [3.8, 4) is 0 Å². The molecule has 1 atom stereocenters. The van der Waals surface area contributed by atoms with E-state index in [0.29, 0.717) is 6.61 Å². The molecule has 0 fully saturated rings. The molecular formula is C8H23NO3Si2. The molecule has 0 aliphatic heterocycles. The topological polar surface area (TPSA) is 53.7 Å². The minimum absolute atomic E-state index is 0.0151. The fourth-order valence-electron chi connectivity index (χ4n) is 1.08. The highest BCUT2D eigenvalue weighted by atomic mass is 28.4. The molecule has 0 spiro atoms. The minimum Gasteiger partial charge on any atom is -0.418 e. The Labute approximate surface area is 89.7 Å². The Hall–Kier alpha value is 0.274. The lowest BCUT2D eigenvalue weighted by atomic mass is 10.5. The second kappa shape index (κ2) is 6.70. The van der Waals surface area contributed by atoms with Crippen molar-refractivity contribution < 1.29 is 13.3 Å². The molecule has 0 saturated heterocycles. The fraction of sp³-hybridized carbons (Fsp3) is 1.00. The third-order valence-corrected chi connectivity index (χ3v) is 4.83. The maximum atomic E-state index is 5.92. The molecule has 0 aliphatic rings. The van der Waals surface area contributed by atoms with Gasteiger partial charge in [0.15, 0.2) is 8.32 Å². The first-order valence-electron chi connectivity index (χ1n) is 4.86. The van der Waals surface area contributed by atoms with E-state index in [2.05, 4.69) is 19.6 Å². The lowest BCUT2D eigenvalue weighted by molar-refractivity contribution is 0.248. The highest BCUT2D eigenvalue weighted by molar-refractivity contribution is 6.69. The first kappa shape index (κ1) is 14.3.